The highest BCUT2D eigenvalue weighted by molar-refractivity contribution is 6.32. The van der Waals surface area contributed by atoms with Crippen LogP contribution in [0.25, 0.3) is 17.1 Å². The molecule has 0 radical (unpaired) electrons. The van der Waals surface area contributed by atoms with Gasteiger partial charge in [0, 0.05) is 23.5 Å². The Bertz CT molecular complexity index is 1100. The Morgan fingerprint density at radius 2 is 2.16 bits per heavy atom. The third kappa shape index (κ3) is 2.66. The van der Waals surface area contributed by atoms with Gasteiger partial charge in [-0.15, -0.1) is 0 Å². The minimum Gasteiger partial charge on any atom is -0.507 e. The predicted molar refractivity (Wildman–Crippen MR) is 92.0 cm³/mol. The molecule has 4 aromatic rings. The molecule has 0 bridgehead atoms. The van der Waals surface area contributed by atoms with Crippen molar-refractivity contribution in [2.45, 2.75) is 6.92 Å². The molecular weight excluding hydrogens is 342 g/mol. The summed E-state index contributed by atoms with van der Waals surface area (Å²) >= 11 is 6.07. The third-order valence-corrected chi connectivity index (χ3v) is 4.28. The first kappa shape index (κ1) is 15.4. The van der Waals surface area contributed by atoms with Gasteiger partial charge in [0.1, 0.15) is 11.4 Å². The Labute approximate surface area is 147 Å². The van der Waals surface area contributed by atoms with Gasteiger partial charge in [0.05, 0.1) is 17.4 Å². The smallest absolute Gasteiger partial charge is 0.199 e. The number of aromatic hydroxyl groups is 1. The minimum absolute atomic E-state index is 0.121. The van der Waals surface area contributed by atoms with Crippen LogP contribution >= 0.6 is 11.6 Å². The van der Waals surface area contributed by atoms with Gasteiger partial charge in [-0.1, -0.05) is 11.6 Å². The third-order valence-electron chi connectivity index (χ3n) is 3.87. The lowest BCUT2D eigenvalue weighted by Gasteiger charge is -2.07. The molecule has 0 fully saturated rings. The standard InChI is InChI=1S/C18H12ClN3O3/c1-10-5-15(23)12(6-13(10)19)18(24)11-8-20-17-7-14(21-22(17)9-11)16-3-2-4-25-16/h2-9,23H,1H3. The van der Waals surface area contributed by atoms with E-state index in [2.05, 4.69) is 10.1 Å². The summed E-state index contributed by atoms with van der Waals surface area (Å²) in [6, 6.07) is 8.24. The van der Waals surface area contributed by atoms with Gasteiger partial charge in [0.15, 0.2) is 17.2 Å². The molecule has 0 aliphatic carbocycles. The van der Waals surface area contributed by atoms with Crippen LogP contribution in [0.5, 0.6) is 5.75 Å². The number of aromatic nitrogens is 3. The highest BCUT2D eigenvalue weighted by atomic mass is 35.5. The summed E-state index contributed by atoms with van der Waals surface area (Å²) < 4.78 is 6.82. The number of benzene rings is 1. The van der Waals surface area contributed by atoms with Gasteiger partial charge in [0.25, 0.3) is 0 Å². The summed E-state index contributed by atoms with van der Waals surface area (Å²) in [4.78, 5) is 16.9. The van der Waals surface area contributed by atoms with Crippen molar-refractivity contribution in [3.63, 3.8) is 0 Å². The Balaban J connectivity index is 1.77. The van der Waals surface area contributed by atoms with Crippen LogP contribution in [-0.4, -0.2) is 25.5 Å². The lowest BCUT2D eigenvalue weighted by Crippen LogP contribution is -2.05. The highest BCUT2D eigenvalue weighted by Crippen LogP contribution is 2.28. The number of rotatable bonds is 3. The van der Waals surface area contributed by atoms with Crippen LogP contribution in [-0.2, 0) is 0 Å². The molecule has 0 aliphatic rings. The van der Waals surface area contributed by atoms with Gasteiger partial charge in [0.2, 0.25) is 0 Å². The summed E-state index contributed by atoms with van der Waals surface area (Å²) in [5, 5.41) is 14.8. The van der Waals surface area contributed by atoms with Gasteiger partial charge < -0.3 is 9.52 Å². The molecular formula is C18H12ClN3O3. The second kappa shape index (κ2) is 5.75. The van der Waals surface area contributed by atoms with Crippen molar-refractivity contribution < 1.29 is 14.3 Å². The van der Waals surface area contributed by atoms with Gasteiger partial charge in [-0.3, -0.25) is 4.79 Å². The summed E-state index contributed by atoms with van der Waals surface area (Å²) in [7, 11) is 0. The van der Waals surface area contributed by atoms with Crippen LogP contribution < -0.4 is 0 Å². The van der Waals surface area contributed by atoms with E-state index in [1.165, 1.54) is 22.8 Å². The van der Waals surface area contributed by atoms with E-state index in [1.54, 1.807) is 37.6 Å². The largest absolute Gasteiger partial charge is 0.507 e. The van der Waals surface area contributed by atoms with Crippen molar-refractivity contribution in [3.05, 3.63) is 70.7 Å². The SMILES string of the molecule is Cc1cc(O)c(C(=O)c2cnc3cc(-c4ccco4)nn3c2)cc1Cl. The van der Waals surface area contributed by atoms with E-state index >= 15 is 0 Å². The number of fused-ring (bicyclic) bond motifs is 1. The number of carbonyl (C=O) groups is 1. The first-order chi connectivity index (χ1) is 12.0. The molecule has 4 rings (SSSR count). The number of hydrogen-bond donors (Lipinski definition) is 1. The average Bonchev–Trinajstić information content (AvgIpc) is 3.25. The van der Waals surface area contributed by atoms with Gasteiger partial charge in [-0.2, -0.15) is 5.10 Å². The molecule has 0 aliphatic heterocycles. The molecule has 0 unspecified atom stereocenters. The summed E-state index contributed by atoms with van der Waals surface area (Å²) in [6.45, 7) is 1.75. The van der Waals surface area contributed by atoms with E-state index in [9.17, 15) is 9.90 Å². The second-order valence-electron chi connectivity index (χ2n) is 5.60. The Hall–Kier alpha value is -3.12. The maximum Gasteiger partial charge on any atom is 0.199 e. The van der Waals surface area contributed by atoms with Crippen molar-refractivity contribution in [1.29, 1.82) is 0 Å². The number of phenols is 1. The first-order valence-corrected chi connectivity index (χ1v) is 7.84. The van der Waals surface area contributed by atoms with Crippen LogP contribution in [0, 0.1) is 6.92 Å². The van der Waals surface area contributed by atoms with Gasteiger partial charge in [-0.25, -0.2) is 9.50 Å². The van der Waals surface area contributed by atoms with E-state index in [4.69, 9.17) is 16.0 Å². The molecule has 0 spiro atoms. The normalized spacial score (nSPS) is 11.1. The van der Waals surface area contributed by atoms with Crippen molar-refractivity contribution in [2.75, 3.05) is 0 Å². The fourth-order valence-electron chi connectivity index (χ4n) is 2.54. The number of phenolic OH excluding ortho intramolecular Hbond substituents is 1. The van der Waals surface area contributed by atoms with E-state index < -0.39 is 0 Å². The number of carbonyl (C=O) groups excluding carboxylic acids is 1. The molecule has 124 valence electrons. The quantitative estimate of drug-likeness (QED) is 0.565. The molecule has 3 heterocycles. The monoisotopic (exact) mass is 353 g/mol. The number of furan rings is 1. The zero-order chi connectivity index (χ0) is 17.6. The first-order valence-electron chi connectivity index (χ1n) is 7.46. The molecule has 7 heteroatoms. The van der Waals surface area contributed by atoms with Crippen LogP contribution in [0.15, 0.2) is 53.4 Å². The maximum atomic E-state index is 12.7. The Kier molecular flexibility index (Phi) is 3.54. The highest BCUT2D eigenvalue weighted by Gasteiger charge is 2.17. The number of hydrogen-bond acceptors (Lipinski definition) is 5. The number of ketones is 1. The topological polar surface area (TPSA) is 80.6 Å². The van der Waals surface area contributed by atoms with E-state index in [1.807, 2.05) is 0 Å². The molecule has 0 saturated carbocycles. The number of nitrogens with zero attached hydrogens (tertiary/aromatic N) is 3. The lowest BCUT2D eigenvalue weighted by atomic mass is 10.0. The van der Waals surface area contributed by atoms with Crippen molar-refractivity contribution in [2.24, 2.45) is 0 Å². The van der Waals surface area contributed by atoms with Gasteiger partial charge in [-0.05, 0) is 36.8 Å². The molecule has 1 aromatic carbocycles. The van der Waals surface area contributed by atoms with Crippen LogP contribution in [0.4, 0.5) is 0 Å². The van der Waals surface area contributed by atoms with Crippen LogP contribution in [0.2, 0.25) is 5.02 Å². The Morgan fingerprint density at radius 3 is 2.92 bits per heavy atom. The second-order valence-corrected chi connectivity index (χ2v) is 6.01. The van der Waals surface area contributed by atoms with Gasteiger partial charge >= 0.3 is 0 Å². The number of halogens is 1. The van der Waals surface area contributed by atoms with Crippen LogP contribution in [0.3, 0.4) is 0 Å². The molecule has 0 saturated heterocycles. The van der Waals surface area contributed by atoms with Crippen molar-refractivity contribution in [3.8, 4) is 17.2 Å². The fraction of sp³-hybridized carbons (Fsp3) is 0.0556. The molecule has 0 amide bonds. The van der Waals surface area contributed by atoms with E-state index in [0.717, 1.165) is 0 Å². The molecule has 3 aromatic heterocycles. The molecule has 0 atom stereocenters. The zero-order valence-electron chi connectivity index (χ0n) is 13.1. The van der Waals surface area contributed by atoms with Crippen molar-refractivity contribution >= 4 is 23.0 Å². The average molecular weight is 354 g/mol. The lowest BCUT2D eigenvalue weighted by molar-refractivity contribution is 0.103. The number of aryl methyl sites for hydroxylation is 1. The van der Waals surface area contributed by atoms with Crippen LogP contribution in [0.1, 0.15) is 21.5 Å². The molecule has 25 heavy (non-hydrogen) atoms. The zero-order valence-corrected chi connectivity index (χ0v) is 13.9. The molecule has 1 N–H and O–H groups in total. The maximum absolute atomic E-state index is 12.7. The van der Waals surface area contributed by atoms with Crippen molar-refractivity contribution in [1.82, 2.24) is 14.6 Å². The minimum atomic E-state index is -0.385. The predicted octanol–water partition coefficient (Wildman–Crippen LogP) is 3.89. The van der Waals surface area contributed by atoms with E-state index in [-0.39, 0.29) is 22.7 Å². The Morgan fingerprint density at radius 1 is 1.32 bits per heavy atom. The van der Waals surface area contributed by atoms with E-state index in [0.29, 0.717) is 27.7 Å². The summed E-state index contributed by atoms with van der Waals surface area (Å²) in [6.07, 6.45) is 4.56. The molecule has 6 nitrogen and oxygen atoms in total. The fourth-order valence-corrected chi connectivity index (χ4v) is 2.71. The summed E-state index contributed by atoms with van der Waals surface area (Å²) in [5.41, 5.74) is 2.30. The summed E-state index contributed by atoms with van der Waals surface area (Å²) in [5.74, 6) is 0.105.